The highest BCUT2D eigenvalue weighted by atomic mass is 16.6. The third kappa shape index (κ3) is 4.29. The third-order valence-electron chi connectivity index (χ3n) is 8.28. The SMILES string of the molecule is C=C1C(=O)O[C@]2(C)CC[C@@H]1C[C@H](O)[C@@]1(C)CC[C@](C)(O1)[C@](C)(OC)CC[C@H]2OC(C)=O. The third-order valence-corrected chi connectivity index (χ3v) is 8.28. The van der Waals surface area contributed by atoms with Crippen molar-refractivity contribution >= 4 is 11.9 Å². The van der Waals surface area contributed by atoms with Crippen molar-refractivity contribution in [1.82, 2.24) is 0 Å². The second-order valence-electron chi connectivity index (χ2n) is 10.4. The molecule has 3 fully saturated rings. The molecule has 3 saturated heterocycles. The Morgan fingerprint density at radius 2 is 1.77 bits per heavy atom. The van der Waals surface area contributed by atoms with Gasteiger partial charge in [0.05, 0.1) is 22.9 Å². The quantitative estimate of drug-likeness (QED) is 0.521. The fraction of sp³-hybridized carbons (Fsp3) is 0.833. The Morgan fingerprint density at radius 1 is 1.10 bits per heavy atom. The fourth-order valence-electron chi connectivity index (χ4n) is 5.52. The molecule has 31 heavy (non-hydrogen) atoms. The molecule has 0 radical (unpaired) electrons. The summed E-state index contributed by atoms with van der Waals surface area (Å²) in [4.78, 5) is 24.8. The Morgan fingerprint density at radius 3 is 2.39 bits per heavy atom. The van der Waals surface area contributed by atoms with Gasteiger partial charge in [0.15, 0.2) is 0 Å². The summed E-state index contributed by atoms with van der Waals surface area (Å²) in [5.41, 5.74) is -2.70. The second kappa shape index (κ2) is 8.16. The molecule has 3 heterocycles. The van der Waals surface area contributed by atoms with Crippen LogP contribution in [0.3, 0.4) is 0 Å². The molecule has 3 aliphatic heterocycles. The number of hydrogen-bond donors (Lipinski definition) is 1. The number of carbonyl (C=O) groups is 2. The van der Waals surface area contributed by atoms with E-state index in [2.05, 4.69) is 6.58 Å². The average molecular weight is 439 g/mol. The largest absolute Gasteiger partial charge is 0.458 e. The standard InChI is InChI=1S/C24H38O7/c1-15-17-8-10-22(4,30-20(15)27)19(29-16(2)25)9-11-23(5,28-7)24(6)13-12-21(3,31-24)18(26)14-17/h17-19,26H,1,8-14H2,2-7H3/t17-,18+,19-,21-,22-,23-,24+/m1/s1. The number of methoxy groups -OCH3 is 1. The Labute approximate surface area is 185 Å². The number of carbonyl (C=O) groups excluding carboxylic acids is 2. The Hall–Kier alpha value is -1.44. The first-order valence-corrected chi connectivity index (χ1v) is 11.3. The van der Waals surface area contributed by atoms with Gasteiger partial charge in [0.25, 0.3) is 0 Å². The highest BCUT2D eigenvalue weighted by Gasteiger charge is 2.58. The topological polar surface area (TPSA) is 91.3 Å². The van der Waals surface area contributed by atoms with E-state index in [1.807, 2.05) is 27.7 Å². The lowest BCUT2D eigenvalue weighted by Gasteiger charge is -2.46. The summed E-state index contributed by atoms with van der Waals surface area (Å²) in [6, 6.07) is 0. The van der Waals surface area contributed by atoms with Gasteiger partial charge in [-0.2, -0.15) is 0 Å². The number of aliphatic hydroxyl groups excluding tert-OH is 1. The molecule has 4 bridgehead atoms. The van der Waals surface area contributed by atoms with Crippen molar-refractivity contribution in [2.24, 2.45) is 5.92 Å². The van der Waals surface area contributed by atoms with Gasteiger partial charge in [-0.1, -0.05) is 6.58 Å². The number of aliphatic hydroxyl groups is 1. The minimum Gasteiger partial charge on any atom is -0.458 e. The summed E-state index contributed by atoms with van der Waals surface area (Å²) in [5, 5.41) is 11.2. The van der Waals surface area contributed by atoms with Crippen LogP contribution in [0.5, 0.6) is 0 Å². The van der Waals surface area contributed by atoms with E-state index in [9.17, 15) is 14.7 Å². The molecule has 3 rings (SSSR count). The van der Waals surface area contributed by atoms with Crippen molar-refractivity contribution in [2.45, 2.75) is 114 Å². The minimum atomic E-state index is -0.987. The number of hydrogen-bond acceptors (Lipinski definition) is 7. The summed E-state index contributed by atoms with van der Waals surface area (Å²) in [6.07, 6.45) is 2.45. The highest BCUT2D eigenvalue weighted by molar-refractivity contribution is 5.89. The van der Waals surface area contributed by atoms with Crippen LogP contribution in [0.25, 0.3) is 0 Å². The van der Waals surface area contributed by atoms with Crippen molar-refractivity contribution in [2.75, 3.05) is 7.11 Å². The van der Waals surface area contributed by atoms with E-state index in [1.54, 1.807) is 7.11 Å². The minimum absolute atomic E-state index is 0.232. The van der Waals surface area contributed by atoms with Crippen LogP contribution in [0.4, 0.5) is 0 Å². The van der Waals surface area contributed by atoms with Gasteiger partial charge < -0.3 is 24.1 Å². The van der Waals surface area contributed by atoms with Gasteiger partial charge in [-0.15, -0.1) is 0 Å². The lowest BCUT2D eigenvalue weighted by molar-refractivity contribution is -0.223. The molecule has 7 nitrogen and oxygen atoms in total. The monoisotopic (exact) mass is 438 g/mol. The fourth-order valence-corrected chi connectivity index (χ4v) is 5.52. The first-order valence-electron chi connectivity index (χ1n) is 11.3. The number of fused-ring (bicyclic) bond motifs is 5. The molecule has 0 unspecified atom stereocenters. The van der Waals surface area contributed by atoms with Gasteiger partial charge in [0.2, 0.25) is 0 Å². The number of ether oxygens (including phenoxy) is 4. The van der Waals surface area contributed by atoms with Crippen molar-refractivity contribution in [1.29, 1.82) is 0 Å². The molecule has 0 aromatic rings. The van der Waals surface area contributed by atoms with E-state index in [-0.39, 0.29) is 5.92 Å². The van der Waals surface area contributed by atoms with Crippen LogP contribution < -0.4 is 0 Å². The lowest BCUT2D eigenvalue weighted by Crippen LogP contribution is -2.55. The molecule has 7 atom stereocenters. The van der Waals surface area contributed by atoms with Crippen LogP contribution in [0.1, 0.15) is 79.6 Å². The highest BCUT2D eigenvalue weighted by Crippen LogP contribution is 2.50. The van der Waals surface area contributed by atoms with Crippen molar-refractivity contribution < 1.29 is 33.6 Å². The summed E-state index contributed by atoms with van der Waals surface area (Å²) >= 11 is 0. The maximum absolute atomic E-state index is 12.9. The van der Waals surface area contributed by atoms with E-state index in [0.717, 1.165) is 6.42 Å². The molecule has 0 amide bonds. The van der Waals surface area contributed by atoms with E-state index in [1.165, 1.54) is 6.92 Å². The van der Waals surface area contributed by atoms with Gasteiger partial charge >= 0.3 is 11.9 Å². The van der Waals surface area contributed by atoms with Crippen molar-refractivity contribution in [3.05, 3.63) is 12.2 Å². The zero-order valence-corrected chi connectivity index (χ0v) is 19.8. The van der Waals surface area contributed by atoms with Crippen LogP contribution in [-0.2, 0) is 28.5 Å². The molecule has 0 aromatic carbocycles. The van der Waals surface area contributed by atoms with Crippen LogP contribution in [0.15, 0.2) is 12.2 Å². The van der Waals surface area contributed by atoms with Gasteiger partial charge in [0, 0.05) is 19.6 Å². The summed E-state index contributed by atoms with van der Waals surface area (Å²) < 4.78 is 24.2. The van der Waals surface area contributed by atoms with Gasteiger partial charge in [-0.05, 0) is 78.6 Å². The first-order chi connectivity index (χ1) is 14.3. The molecule has 0 aliphatic carbocycles. The molecule has 1 N–H and O–H groups in total. The van der Waals surface area contributed by atoms with Crippen LogP contribution in [0.2, 0.25) is 0 Å². The van der Waals surface area contributed by atoms with Gasteiger partial charge in [-0.3, -0.25) is 4.79 Å². The normalized spacial score (nSPS) is 46.4. The molecule has 0 saturated carbocycles. The summed E-state index contributed by atoms with van der Waals surface area (Å²) in [6.45, 7) is 13.1. The Bertz CT molecular complexity index is 750. The molecular weight excluding hydrogens is 400 g/mol. The van der Waals surface area contributed by atoms with Gasteiger partial charge in [-0.25, -0.2) is 4.79 Å². The van der Waals surface area contributed by atoms with Crippen LogP contribution in [0, 0.1) is 5.92 Å². The van der Waals surface area contributed by atoms with Crippen LogP contribution in [-0.4, -0.2) is 58.8 Å². The van der Waals surface area contributed by atoms with Gasteiger partial charge in [0.1, 0.15) is 11.7 Å². The summed E-state index contributed by atoms with van der Waals surface area (Å²) in [5.74, 6) is -1.15. The predicted molar refractivity (Wildman–Crippen MR) is 114 cm³/mol. The number of esters is 2. The zero-order chi connectivity index (χ0) is 23.2. The molecule has 0 spiro atoms. The Kier molecular flexibility index (Phi) is 6.37. The first kappa shape index (κ1) is 24.2. The smallest absolute Gasteiger partial charge is 0.334 e. The van der Waals surface area contributed by atoms with Crippen molar-refractivity contribution in [3.8, 4) is 0 Å². The van der Waals surface area contributed by atoms with Crippen LogP contribution >= 0.6 is 0 Å². The zero-order valence-electron chi connectivity index (χ0n) is 19.8. The number of rotatable bonds is 2. The molecule has 7 heteroatoms. The van der Waals surface area contributed by atoms with E-state index < -0.39 is 46.6 Å². The maximum atomic E-state index is 12.9. The molecule has 176 valence electrons. The maximum Gasteiger partial charge on any atom is 0.334 e. The molecule has 3 aliphatic rings. The predicted octanol–water partition coefficient (Wildman–Crippen LogP) is 3.46. The second-order valence-corrected chi connectivity index (χ2v) is 10.4. The summed E-state index contributed by atoms with van der Waals surface area (Å²) in [7, 11) is 1.65. The van der Waals surface area contributed by atoms with Crippen molar-refractivity contribution in [3.63, 3.8) is 0 Å². The van der Waals surface area contributed by atoms with E-state index in [4.69, 9.17) is 18.9 Å². The average Bonchev–Trinajstić information content (AvgIpc) is 2.98. The molecular formula is C24H38O7. The van der Waals surface area contributed by atoms with E-state index in [0.29, 0.717) is 44.1 Å². The van der Waals surface area contributed by atoms with E-state index >= 15 is 0 Å². The Balaban J connectivity index is 2.06. The molecule has 0 aromatic heterocycles. The lowest BCUT2D eigenvalue weighted by atomic mass is 9.76.